The highest BCUT2D eigenvalue weighted by Gasteiger charge is 2.29. The number of hydrogen-bond acceptors (Lipinski definition) is 5. The summed E-state index contributed by atoms with van der Waals surface area (Å²) < 4.78 is 12.0. The monoisotopic (exact) mass is 396 g/mol. The van der Waals surface area contributed by atoms with Crippen LogP contribution < -0.4 is 15.0 Å². The SMILES string of the molecule is COc1ccc(CC(=O)N2CCC(c3cc(=O)n4[nH]c(C)cc4n3)C2)cc1OC. The first-order valence-electron chi connectivity index (χ1n) is 9.56. The second-order valence-electron chi connectivity index (χ2n) is 7.34. The summed E-state index contributed by atoms with van der Waals surface area (Å²) in [6, 6.07) is 8.92. The molecule has 0 aliphatic carbocycles. The molecular formula is C21H24N4O4. The second-order valence-corrected chi connectivity index (χ2v) is 7.34. The number of fused-ring (bicyclic) bond motifs is 1. The molecule has 0 spiro atoms. The summed E-state index contributed by atoms with van der Waals surface area (Å²) in [5.41, 5.74) is 2.98. The first-order valence-corrected chi connectivity index (χ1v) is 9.56. The lowest BCUT2D eigenvalue weighted by atomic mass is 10.0. The summed E-state index contributed by atoms with van der Waals surface area (Å²) in [5, 5.41) is 2.97. The van der Waals surface area contributed by atoms with Crippen molar-refractivity contribution in [3.63, 3.8) is 0 Å². The molecule has 1 atom stereocenters. The van der Waals surface area contributed by atoms with Gasteiger partial charge in [0, 0.05) is 36.8 Å². The molecule has 1 aliphatic heterocycles. The lowest BCUT2D eigenvalue weighted by Crippen LogP contribution is -2.30. The number of methoxy groups -OCH3 is 2. The molecule has 1 aliphatic rings. The predicted octanol–water partition coefficient (Wildman–Crippen LogP) is 1.91. The van der Waals surface area contributed by atoms with E-state index in [0.717, 1.165) is 23.4 Å². The summed E-state index contributed by atoms with van der Waals surface area (Å²) >= 11 is 0. The first-order chi connectivity index (χ1) is 14.0. The molecule has 3 aromatic rings. The van der Waals surface area contributed by atoms with E-state index < -0.39 is 0 Å². The van der Waals surface area contributed by atoms with Crippen LogP contribution in [0.15, 0.2) is 35.1 Å². The van der Waals surface area contributed by atoms with Crippen molar-refractivity contribution in [2.45, 2.75) is 25.7 Å². The van der Waals surface area contributed by atoms with E-state index in [9.17, 15) is 9.59 Å². The molecule has 8 nitrogen and oxygen atoms in total. The number of aromatic nitrogens is 3. The number of likely N-dealkylation sites (tertiary alicyclic amines) is 1. The van der Waals surface area contributed by atoms with Gasteiger partial charge in [-0.15, -0.1) is 0 Å². The highest BCUT2D eigenvalue weighted by Crippen LogP contribution is 2.29. The summed E-state index contributed by atoms with van der Waals surface area (Å²) in [7, 11) is 3.16. The van der Waals surface area contributed by atoms with Crippen LogP contribution in [0.1, 0.15) is 29.3 Å². The number of carbonyl (C=O) groups is 1. The number of hydrogen-bond donors (Lipinski definition) is 1. The number of carbonyl (C=O) groups excluding carboxylic acids is 1. The first kappa shape index (κ1) is 19.0. The van der Waals surface area contributed by atoms with E-state index >= 15 is 0 Å². The fourth-order valence-electron chi connectivity index (χ4n) is 3.84. The minimum absolute atomic E-state index is 0.0509. The third-order valence-corrected chi connectivity index (χ3v) is 5.36. The van der Waals surface area contributed by atoms with Crippen LogP contribution in [-0.4, -0.2) is 52.7 Å². The fourth-order valence-corrected chi connectivity index (χ4v) is 3.84. The maximum absolute atomic E-state index is 12.8. The van der Waals surface area contributed by atoms with Crippen molar-refractivity contribution >= 4 is 11.6 Å². The third kappa shape index (κ3) is 3.70. The third-order valence-electron chi connectivity index (χ3n) is 5.36. The molecule has 29 heavy (non-hydrogen) atoms. The molecule has 8 heteroatoms. The Bertz CT molecular complexity index is 1120. The summed E-state index contributed by atoms with van der Waals surface area (Å²) in [5.74, 6) is 1.36. The van der Waals surface area contributed by atoms with Crippen molar-refractivity contribution in [2.24, 2.45) is 0 Å². The number of aromatic amines is 1. The number of ether oxygens (including phenoxy) is 2. The summed E-state index contributed by atoms with van der Waals surface area (Å²) in [6.07, 6.45) is 1.09. The van der Waals surface area contributed by atoms with Crippen molar-refractivity contribution in [3.05, 3.63) is 57.6 Å². The van der Waals surface area contributed by atoms with E-state index in [-0.39, 0.29) is 17.4 Å². The molecule has 1 fully saturated rings. The minimum atomic E-state index is -0.131. The number of rotatable bonds is 5. The van der Waals surface area contributed by atoms with E-state index in [4.69, 9.17) is 9.47 Å². The van der Waals surface area contributed by atoms with Gasteiger partial charge >= 0.3 is 0 Å². The van der Waals surface area contributed by atoms with Gasteiger partial charge in [0.05, 0.1) is 26.3 Å². The van der Waals surface area contributed by atoms with Gasteiger partial charge in [0.1, 0.15) is 0 Å². The molecule has 152 valence electrons. The second kappa shape index (κ2) is 7.62. The highest BCUT2D eigenvalue weighted by atomic mass is 16.5. The number of benzene rings is 1. The fraction of sp³-hybridized carbons (Fsp3) is 0.381. The van der Waals surface area contributed by atoms with Crippen molar-refractivity contribution in [3.8, 4) is 11.5 Å². The smallest absolute Gasteiger partial charge is 0.272 e. The van der Waals surface area contributed by atoms with E-state index in [0.29, 0.717) is 36.7 Å². The minimum Gasteiger partial charge on any atom is -0.493 e. The van der Waals surface area contributed by atoms with Gasteiger partial charge in [-0.05, 0) is 31.0 Å². The molecule has 1 N–H and O–H groups in total. The molecule has 1 unspecified atom stereocenters. The quantitative estimate of drug-likeness (QED) is 0.712. The van der Waals surface area contributed by atoms with Gasteiger partial charge in [-0.2, -0.15) is 0 Å². The van der Waals surface area contributed by atoms with Crippen LogP contribution in [0.4, 0.5) is 0 Å². The van der Waals surface area contributed by atoms with Crippen LogP contribution in [0.5, 0.6) is 11.5 Å². The Hall–Kier alpha value is -3.29. The Balaban J connectivity index is 1.47. The van der Waals surface area contributed by atoms with Crippen molar-refractivity contribution in [1.82, 2.24) is 19.5 Å². The Labute approximate surface area is 168 Å². The van der Waals surface area contributed by atoms with Gasteiger partial charge in [-0.25, -0.2) is 9.50 Å². The van der Waals surface area contributed by atoms with Gasteiger partial charge in [0.25, 0.3) is 5.56 Å². The molecular weight excluding hydrogens is 372 g/mol. The summed E-state index contributed by atoms with van der Waals surface area (Å²) in [6.45, 7) is 3.11. The van der Waals surface area contributed by atoms with Crippen molar-refractivity contribution in [2.75, 3.05) is 27.3 Å². The number of nitrogens with one attached hydrogen (secondary N) is 1. The van der Waals surface area contributed by atoms with Crippen LogP contribution in [0.25, 0.3) is 5.65 Å². The molecule has 0 saturated carbocycles. The number of H-pyrrole nitrogens is 1. The van der Waals surface area contributed by atoms with Crippen molar-refractivity contribution in [1.29, 1.82) is 0 Å². The average molecular weight is 396 g/mol. The van der Waals surface area contributed by atoms with Crippen LogP contribution in [-0.2, 0) is 11.2 Å². The van der Waals surface area contributed by atoms with E-state index in [2.05, 4.69) is 10.1 Å². The molecule has 0 radical (unpaired) electrons. The van der Waals surface area contributed by atoms with Crippen molar-refractivity contribution < 1.29 is 14.3 Å². The number of nitrogens with zero attached hydrogens (tertiary/aromatic N) is 3. The van der Waals surface area contributed by atoms with Gasteiger partial charge in [0.15, 0.2) is 17.1 Å². The molecule has 4 rings (SSSR count). The molecule has 1 saturated heterocycles. The van der Waals surface area contributed by atoms with E-state index in [1.165, 1.54) is 4.52 Å². The topological polar surface area (TPSA) is 88.9 Å². The maximum Gasteiger partial charge on any atom is 0.272 e. The summed E-state index contributed by atoms with van der Waals surface area (Å²) in [4.78, 5) is 31.6. The van der Waals surface area contributed by atoms with Gasteiger partial charge in [-0.3, -0.25) is 14.7 Å². The van der Waals surface area contributed by atoms with Gasteiger partial charge < -0.3 is 14.4 Å². The molecule has 2 aromatic heterocycles. The normalized spacial score (nSPS) is 16.4. The van der Waals surface area contributed by atoms with E-state index in [1.807, 2.05) is 30.0 Å². The lowest BCUT2D eigenvalue weighted by molar-refractivity contribution is -0.129. The van der Waals surface area contributed by atoms with Crippen LogP contribution in [0.2, 0.25) is 0 Å². The highest BCUT2D eigenvalue weighted by molar-refractivity contribution is 5.79. The van der Waals surface area contributed by atoms with Crippen LogP contribution >= 0.6 is 0 Å². The Morgan fingerprint density at radius 2 is 2.00 bits per heavy atom. The zero-order valence-electron chi connectivity index (χ0n) is 16.8. The lowest BCUT2D eigenvalue weighted by Gasteiger charge is -2.17. The predicted molar refractivity (Wildman–Crippen MR) is 108 cm³/mol. The molecule has 0 bridgehead atoms. The average Bonchev–Trinajstić information content (AvgIpc) is 3.34. The zero-order chi connectivity index (χ0) is 20.5. The van der Waals surface area contributed by atoms with Crippen LogP contribution in [0, 0.1) is 6.92 Å². The largest absolute Gasteiger partial charge is 0.493 e. The Morgan fingerprint density at radius 1 is 1.21 bits per heavy atom. The van der Waals surface area contributed by atoms with Gasteiger partial charge in [0.2, 0.25) is 5.91 Å². The van der Waals surface area contributed by atoms with E-state index in [1.54, 1.807) is 26.4 Å². The number of aryl methyl sites for hydroxylation is 1. The molecule has 3 heterocycles. The van der Waals surface area contributed by atoms with Gasteiger partial charge in [-0.1, -0.05) is 6.07 Å². The molecule has 1 aromatic carbocycles. The standard InChI is InChI=1S/C21H24N4O4/c1-13-8-19-22-16(11-21(27)25(19)23-13)15-6-7-24(12-15)20(26)10-14-4-5-17(28-2)18(9-14)29-3/h4-5,8-9,11,15,23H,6-7,10,12H2,1-3H3. The molecule has 1 amide bonds. The number of amides is 1. The Kier molecular flexibility index (Phi) is 5.00. The van der Waals surface area contributed by atoms with Crippen LogP contribution in [0.3, 0.4) is 0 Å². The Morgan fingerprint density at radius 3 is 2.76 bits per heavy atom. The maximum atomic E-state index is 12.8. The zero-order valence-corrected chi connectivity index (χ0v) is 16.8.